The van der Waals surface area contributed by atoms with Crippen LogP contribution in [0.15, 0.2) is 12.4 Å². The average molecular weight is 387 g/mol. The van der Waals surface area contributed by atoms with Gasteiger partial charge in [-0.15, -0.1) is 0 Å². The second kappa shape index (κ2) is 7.05. The molecule has 2 rings (SSSR count). The van der Waals surface area contributed by atoms with Crippen LogP contribution in [0, 0.1) is 13.8 Å². The van der Waals surface area contributed by atoms with E-state index in [2.05, 4.69) is 15.5 Å². The molecule has 0 saturated carbocycles. The molecule has 2 aromatic rings. The number of aliphatic carboxylic acids is 1. The average Bonchev–Trinajstić information content (AvgIpc) is 3.07. The van der Waals surface area contributed by atoms with Crippen molar-refractivity contribution in [3.63, 3.8) is 0 Å². The molecule has 0 aliphatic carbocycles. The van der Waals surface area contributed by atoms with Gasteiger partial charge in [-0.05, 0) is 27.7 Å². The monoisotopic (exact) mass is 387 g/mol. The van der Waals surface area contributed by atoms with Crippen LogP contribution in [0.3, 0.4) is 0 Å². The number of nitrogens with zero attached hydrogens (tertiary/aromatic N) is 4. The summed E-state index contributed by atoms with van der Waals surface area (Å²) < 4.78 is 39.8. The molecular weight excluding hydrogens is 367 g/mol. The van der Waals surface area contributed by atoms with Crippen LogP contribution in [-0.4, -0.2) is 42.7 Å². The molecular formula is C16H20F3N5O3. The highest BCUT2D eigenvalue weighted by atomic mass is 19.4. The molecule has 148 valence electrons. The first-order chi connectivity index (χ1) is 12.3. The van der Waals surface area contributed by atoms with Crippen LogP contribution in [-0.2, 0) is 28.1 Å². The second-order valence-electron chi connectivity index (χ2n) is 6.68. The van der Waals surface area contributed by atoms with Crippen molar-refractivity contribution in [1.29, 1.82) is 0 Å². The molecule has 2 aromatic heterocycles. The number of carboxylic acid groups (broad SMARTS) is 1. The molecule has 0 radical (unpaired) electrons. The Morgan fingerprint density at radius 1 is 1.26 bits per heavy atom. The Morgan fingerprint density at radius 2 is 1.89 bits per heavy atom. The lowest BCUT2D eigenvalue weighted by Gasteiger charge is -2.19. The van der Waals surface area contributed by atoms with Crippen molar-refractivity contribution in [2.45, 2.75) is 52.4 Å². The Labute approximate surface area is 153 Å². The van der Waals surface area contributed by atoms with E-state index >= 15 is 0 Å². The highest BCUT2D eigenvalue weighted by Crippen LogP contribution is 2.22. The Bertz CT molecular complexity index is 867. The predicted octanol–water partition coefficient (Wildman–Crippen LogP) is 2.26. The quantitative estimate of drug-likeness (QED) is 0.792. The Kier molecular flexibility index (Phi) is 5.34. The SMILES string of the molecule is Cc1nn(CC(F)(F)F)c(C)c1CC(=O)Nc1cnn(C(C)(C)C(=O)O)c1. The van der Waals surface area contributed by atoms with Gasteiger partial charge in [-0.25, -0.2) is 4.79 Å². The number of anilines is 1. The normalized spacial score (nSPS) is 12.3. The molecule has 2 N–H and O–H groups in total. The molecule has 2 heterocycles. The van der Waals surface area contributed by atoms with Crippen LogP contribution in [0.2, 0.25) is 0 Å². The number of hydrogen-bond donors (Lipinski definition) is 2. The topological polar surface area (TPSA) is 102 Å². The minimum absolute atomic E-state index is 0.164. The summed E-state index contributed by atoms with van der Waals surface area (Å²) in [6.07, 6.45) is -1.90. The standard InChI is InChI=1S/C16H20F3N5O3/c1-9-12(10(2)23(22-9)8-16(17,18)19)5-13(25)21-11-6-20-24(7-11)15(3,4)14(26)27/h6-7H,5,8H2,1-4H3,(H,21,25)(H,26,27). The van der Waals surface area contributed by atoms with Gasteiger partial charge in [0.05, 0.1) is 24.0 Å². The van der Waals surface area contributed by atoms with Gasteiger partial charge < -0.3 is 10.4 Å². The second-order valence-corrected chi connectivity index (χ2v) is 6.68. The Balaban J connectivity index is 2.11. The molecule has 0 aliphatic heterocycles. The molecule has 0 spiro atoms. The zero-order chi connectivity index (χ0) is 20.6. The smallest absolute Gasteiger partial charge is 0.408 e. The van der Waals surface area contributed by atoms with Crippen molar-refractivity contribution in [3.05, 3.63) is 29.3 Å². The molecule has 1 amide bonds. The van der Waals surface area contributed by atoms with Crippen molar-refractivity contribution in [2.24, 2.45) is 0 Å². The van der Waals surface area contributed by atoms with E-state index in [1.54, 1.807) is 0 Å². The lowest BCUT2D eigenvalue weighted by Crippen LogP contribution is -2.35. The largest absolute Gasteiger partial charge is 0.479 e. The molecule has 27 heavy (non-hydrogen) atoms. The van der Waals surface area contributed by atoms with E-state index in [0.717, 1.165) is 4.68 Å². The van der Waals surface area contributed by atoms with Gasteiger partial charge in [0.25, 0.3) is 0 Å². The Hall–Kier alpha value is -2.85. The summed E-state index contributed by atoms with van der Waals surface area (Å²) in [6, 6.07) is 0. The number of carbonyl (C=O) groups is 2. The van der Waals surface area contributed by atoms with Crippen molar-refractivity contribution >= 4 is 17.6 Å². The fourth-order valence-corrected chi connectivity index (χ4v) is 2.47. The van der Waals surface area contributed by atoms with Crippen LogP contribution < -0.4 is 5.32 Å². The number of hydrogen-bond acceptors (Lipinski definition) is 4. The molecule has 8 nitrogen and oxygen atoms in total. The van der Waals surface area contributed by atoms with E-state index in [1.165, 1.54) is 44.8 Å². The molecule has 0 saturated heterocycles. The van der Waals surface area contributed by atoms with Gasteiger partial charge in [-0.1, -0.05) is 0 Å². The van der Waals surface area contributed by atoms with E-state index in [9.17, 15) is 27.9 Å². The first kappa shape index (κ1) is 20.5. The van der Waals surface area contributed by atoms with Crippen molar-refractivity contribution in [2.75, 3.05) is 5.32 Å². The van der Waals surface area contributed by atoms with Gasteiger partial charge in [0.15, 0.2) is 5.54 Å². The highest BCUT2D eigenvalue weighted by molar-refractivity contribution is 5.92. The van der Waals surface area contributed by atoms with Gasteiger partial charge in [0.1, 0.15) is 6.54 Å². The van der Waals surface area contributed by atoms with E-state index in [4.69, 9.17) is 0 Å². The van der Waals surface area contributed by atoms with Crippen LogP contribution >= 0.6 is 0 Å². The van der Waals surface area contributed by atoms with E-state index in [0.29, 0.717) is 11.3 Å². The summed E-state index contributed by atoms with van der Waals surface area (Å²) in [7, 11) is 0. The van der Waals surface area contributed by atoms with Crippen LogP contribution in [0.4, 0.5) is 18.9 Å². The number of amides is 1. The third kappa shape index (κ3) is 4.66. The molecule has 0 bridgehead atoms. The summed E-state index contributed by atoms with van der Waals surface area (Å²) in [5.74, 6) is -1.56. The summed E-state index contributed by atoms with van der Waals surface area (Å²) in [5.41, 5.74) is 0.00846. The zero-order valence-electron chi connectivity index (χ0n) is 15.3. The molecule has 0 aliphatic rings. The third-order valence-electron chi connectivity index (χ3n) is 4.16. The molecule has 0 aromatic carbocycles. The lowest BCUT2D eigenvalue weighted by molar-refractivity contribution is -0.146. The third-order valence-corrected chi connectivity index (χ3v) is 4.16. The van der Waals surface area contributed by atoms with Crippen LogP contribution in [0.1, 0.15) is 30.8 Å². The minimum Gasteiger partial charge on any atom is -0.479 e. The maximum Gasteiger partial charge on any atom is 0.408 e. The Morgan fingerprint density at radius 3 is 2.44 bits per heavy atom. The summed E-state index contributed by atoms with van der Waals surface area (Å²) >= 11 is 0. The number of halogens is 3. The van der Waals surface area contributed by atoms with Crippen molar-refractivity contribution < 1.29 is 27.9 Å². The van der Waals surface area contributed by atoms with Gasteiger partial charge in [-0.2, -0.15) is 23.4 Å². The summed E-state index contributed by atoms with van der Waals surface area (Å²) in [5, 5.41) is 19.5. The number of aromatic nitrogens is 4. The van der Waals surface area contributed by atoms with E-state index < -0.39 is 30.1 Å². The molecule has 11 heteroatoms. The number of alkyl halides is 3. The number of carboxylic acids is 1. The fourth-order valence-electron chi connectivity index (χ4n) is 2.47. The minimum atomic E-state index is -4.41. The van der Waals surface area contributed by atoms with Crippen molar-refractivity contribution in [1.82, 2.24) is 19.6 Å². The maximum absolute atomic E-state index is 12.6. The van der Waals surface area contributed by atoms with Gasteiger partial charge >= 0.3 is 12.1 Å². The first-order valence-electron chi connectivity index (χ1n) is 7.99. The fraction of sp³-hybridized carbons (Fsp3) is 0.500. The van der Waals surface area contributed by atoms with Crippen LogP contribution in [0.5, 0.6) is 0 Å². The maximum atomic E-state index is 12.6. The predicted molar refractivity (Wildman–Crippen MR) is 89.3 cm³/mol. The summed E-state index contributed by atoms with van der Waals surface area (Å²) in [6.45, 7) is 4.70. The number of carbonyl (C=O) groups excluding carboxylic acids is 1. The zero-order valence-corrected chi connectivity index (χ0v) is 15.3. The summed E-state index contributed by atoms with van der Waals surface area (Å²) in [4.78, 5) is 23.5. The lowest BCUT2D eigenvalue weighted by atomic mass is 10.1. The number of nitrogens with one attached hydrogen (secondary N) is 1. The van der Waals surface area contributed by atoms with Gasteiger partial charge in [0, 0.05) is 17.5 Å². The molecule has 0 unspecified atom stereocenters. The van der Waals surface area contributed by atoms with E-state index in [1.807, 2.05) is 0 Å². The van der Waals surface area contributed by atoms with Crippen LogP contribution in [0.25, 0.3) is 0 Å². The molecule has 0 atom stereocenters. The number of aryl methyl sites for hydroxylation is 1. The first-order valence-corrected chi connectivity index (χ1v) is 7.99. The molecule has 0 fully saturated rings. The van der Waals surface area contributed by atoms with E-state index in [-0.39, 0.29) is 17.8 Å². The van der Waals surface area contributed by atoms with Gasteiger partial charge in [-0.3, -0.25) is 14.2 Å². The van der Waals surface area contributed by atoms with Gasteiger partial charge in [0.2, 0.25) is 5.91 Å². The van der Waals surface area contributed by atoms with Crippen molar-refractivity contribution in [3.8, 4) is 0 Å². The highest BCUT2D eigenvalue weighted by Gasteiger charge is 2.31. The number of rotatable bonds is 6.